The summed E-state index contributed by atoms with van der Waals surface area (Å²) in [5, 5.41) is 17.8. The van der Waals surface area contributed by atoms with E-state index in [0.29, 0.717) is 12.2 Å². The Morgan fingerprint density at radius 2 is 1.95 bits per heavy atom. The Balaban J connectivity index is 1.72. The van der Waals surface area contributed by atoms with Gasteiger partial charge >= 0.3 is 7.12 Å². The van der Waals surface area contributed by atoms with E-state index < -0.39 is 7.12 Å². The van der Waals surface area contributed by atoms with Gasteiger partial charge in [0, 0.05) is 31.7 Å². The summed E-state index contributed by atoms with van der Waals surface area (Å²) in [7, 11) is -1.20. The maximum absolute atomic E-state index is 8.90. The fraction of sp³-hybridized carbons (Fsp3) is 0.625. The van der Waals surface area contributed by atoms with Crippen LogP contribution in [0, 0.1) is 5.92 Å². The average Bonchev–Trinajstić information content (AvgIpc) is 2.79. The lowest BCUT2D eigenvalue weighted by molar-refractivity contribution is 0.297. The third kappa shape index (κ3) is 5.70. The third-order valence-corrected chi connectivity index (χ3v) is 4.44. The standard InChI is InChI=1S/C16H28BN3O2/c18-15(9-13-5-2-1-3-6-13)11-20-10-14(16(19)12-20)7-4-8-17(21)22/h1-3,5-6,14-16,21-22H,4,7-12,18-19H2/t14-,15?,16-/m0/s1. The molecule has 0 radical (unpaired) electrons. The third-order valence-electron chi connectivity index (χ3n) is 4.44. The number of likely N-dealkylation sites (tertiary alicyclic amines) is 1. The minimum atomic E-state index is -1.20. The molecule has 3 atom stereocenters. The van der Waals surface area contributed by atoms with E-state index in [1.165, 1.54) is 5.56 Å². The molecule has 0 aromatic heterocycles. The lowest BCUT2D eigenvalue weighted by Crippen LogP contribution is -2.38. The SMILES string of the molecule is NC(Cc1ccccc1)CN1C[C@H](CCCB(O)O)[C@@H](N)C1. The normalized spacial score (nSPS) is 23.6. The summed E-state index contributed by atoms with van der Waals surface area (Å²) in [5.41, 5.74) is 13.7. The first-order chi connectivity index (χ1) is 10.5. The first-order valence-electron chi connectivity index (χ1n) is 8.18. The highest BCUT2D eigenvalue weighted by molar-refractivity contribution is 6.40. The van der Waals surface area contributed by atoms with Gasteiger partial charge in [-0.05, 0) is 30.6 Å². The molecule has 1 aromatic carbocycles. The van der Waals surface area contributed by atoms with Gasteiger partial charge in [0.15, 0.2) is 0 Å². The number of rotatable bonds is 8. The Morgan fingerprint density at radius 3 is 2.64 bits per heavy atom. The summed E-state index contributed by atoms with van der Waals surface area (Å²) in [6, 6.07) is 10.6. The molecule has 1 aliphatic heterocycles. The van der Waals surface area contributed by atoms with Crippen LogP contribution in [-0.4, -0.2) is 53.8 Å². The Hall–Kier alpha value is -0.915. The Labute approximate surface area is 133 Å². The van der Waals surface area contributed by atoms with Gasteiger partial charge in [0.1, 0.15) is 0 Å². The Kier molecular flexibility index (Phi) is 6.86. The summed E-state index contributed by atoms with van der Waals surface area (Å²) in [6.45, 7) is 2.71. The molecule has 0 aliphatic carbocycles. The molecule has 122 valence electrons. The van der Waals surface area contributed by atoms with Gasteiger partial charge in [-0.2, -0.15) is 0 Å². The van der Waals surface area contributed by atoms with Crippen molar-refractivity contribution in [1.82, 2.24) is 4.90 Å². The number of nitrogens with two attached hydrogens (primary N) is 2. The molecule has 2 rings (SSSR count). The van der Waals surface area contributed by atoms with Crippen molar-refractivity contribution in [2.45, 2.75) is 37.7 Å². The van der Waals surface area contributed by atoms with E-state index in [2.05, 4.69) is 17.0 Å². The highest BCUT2D eigenvalue weighted by atomic mass is 16.4. The Bertz CT molecular complexity index is 433. The van der Waals surface area contributed by atoms with Gasteiger partial charge in [0.05, 0.1) is 0 Å². The monoisotopic (exact) mass is 305 g/mol. The zero-order chi connectivity index (χ0) is 15.9. The zero-order valence-electron chi connectivity index (χ0n) is 13.1. The van der Waals surface area contributed by atoms with Gasteiger partial charge in [-0.15, -0.1) is 0 Å². The van der Waals surface area contributed by atoms with Crippen LogP contribution in [0.15, 0.2) is 30.3 Å². The van der Waals surface area contributed by atoms with Crippen molar-refractivity contribution in [3.8, 4) is 0 Å². The Morgan fingerprint density at radius 1 is 1.23 bits per heavy atom. The smallest absolute Gasteiger partial charge is 0.427 e. The predicted molar refractivity (Wildman–Crippen MR) is 90.3 cm³/mol. The maximum atomic E-state index is 8.90. The second-order valence-electron chi connectivity index (χ2n) is 6.50. The van der Waals surface area contributed by atoms with Gasteiger partial charge < -0.3 is 21.5 Å². The molecule has 1 aromatic rings. The summed E-state index contributed by atoms with van der Waals surface area (Å²) in [4.78, 5) is 2.35. The summed E-state index contributed by atoms with van der Waals surface area (Å²) in [6.07, 6.45) is 3.06. The molecule has 0 bridgehead atoms. The zero-order valence-corrected chi connectivity index (χ0v) is 13.1. The number of nitrogens with zero attached hydrogens (tertiary/aromatic N) is 1. The van der Waals surface area contributed by atoms with Gasteiger partial charge in [-0.3, -0.25) is 4.90 Å². The molecule has 1 heterocycles. The lowest BCUT2D eigenvalue weighted by Gasteiger charge is -2.21. The van der Waals surface area contributed by atoms with Crippen LogP contribution in [-0.2, 0) is 6.42 Å². The highest BCUT2D eigenvalue weighted by Crippen LogP contribution is 2.21. The quantitative estimate of drug-likeness (QED) is 0.510. The van der Waals surface area contributed by atoms with Crippen LogP contribution < -0.4 is 11.5 Å². The van der Waals surface area contributed by atoms with Crippen molar-refractivity contribution in [2.75, 3.05) is 19.6 Å². The van der Waals surface area contributed by atoms with Crippen molar-refractivity contribution in [2.24, 2.45) is 17.4 Å². The summed E-state index contributed by atoms with van der Waals surface area (Å²) < 4.78 is 0. The van der Waals surface area contributed by atoms with Crippen LogP contribution in [0.25, 0.3) is 0 Å². The molecule has 5 nitrogen and oxygen atoms in total. The van der Waals surface area contributed by atoms with E-state index in [1.807, 2.05) is 18.2 Å². The van der Waals surface area contributed by atoms with Gasteiger partial charge in [-0.25, -0.2) is 0 Å². The van der Waals surface area contributed by atoms with Crippen LogP contribution >= 0.6 is 0 Å². The molecule has 1 unspecified atom stereocenters. The topological polar surface area (TPSA) is 95.7 Å². The first-order valence-corrected chi connectivity index (χ1v) is 8.18. The molecular weight excluding hydrogens is 277 g/mol. The van der Waals surface area contributed by atoms with E-state index in [4.69, 9.17) is 21.5 Å². The molecule has 1 aliphatic rings. The molecular formula is C16H28BN3O2. The van der Waals surface area contributed by atoms with E-state index in [1.54, 1.807) is 0 Å². The highest BCUT2D eigenvalue weighted by Gasteiger charge is 2.30. The lowest BCUT2D eigenvalue weighted by atomic mass is 9.82. The maximum Gasteiger partial charge on any atom is 0.451 e. The minimum absolute atomic E-state index is 0.118. The molecule has 0 saturated carbocycles. The molecule has 1 fully saturated rings. The molecule has 6 N–H and O–H groups in total. The molecule has 0 amide bonds. The van der Waals surface area contributed by atoms with Crippen LogP contribution in [0.3, 0.4) is 0 Å². The second-order valence-corrected chi connectivity index (χ2v) is 6.50. The fourth-order valence-electron chi connectivity index (χ4n) is 3.32. The van der Waals surface area contributed by atoms with E-state index in [9.17, 15) is 0 Å². The fourth-order valence-corrected chi connectivity index (χ4v) is 3.32. The van der Waals surface area contributed by atoms with Crippen LogP contribution in [0.2, 0.25) is 6.32 Å². The average molecular weight is 305 g/mol. The molecule has 6 heteroatoms. The minimum Gasteiger partial charge on any atom is -0.427 e. The van der Waals surface area contributed by atoms with Gasteiger partial charge in [0.25, 0.3) is 0 Å². The summed E-state index contributed by atoms with van der Waals surface area (Å²) >= 11 is 0. The van der Waals surface area contributed by atoms with Crippen molar-refractivity contribution >= 4 is 7.12 Å². The largest absolute Gasteiger partial charge is 0.451 e. The van der Waals surface area contributed by atoms with Crippen molar-refractivity contribution < 1.29 is 10.0 Å². The van der Waals surface area contributed by atoms with Crippen LogP contribution in [0.1, 0.15) is 18.4 Å². The number of benzene rings is 1. The second kappa shape index (κ2) is 8.65. The first kappa shape index (κ1) is 17.4. The summed E-state index contributed by atoms with van der Waals surface area (Å²) in [5.74, 6) is 0.433. The molecule has 1 saturated heterocycles. The van der Waals surface area contributed by atoms with Gasteiger partial charge in [0.2, 0.25) is 0 Å². The van der Waals surface area contributed by atoms with Crippen LogP contribution in [0.4, 0.5) is 0 Å². The van der Waals surface area contributed by atoms with Gasteiger partial charge in [-0.1, -0.05) is 36.8 Å². The molecule has 22 heavy (non-hydrogen) atoms. The molecule has 0 spiro atoms. The van der Waals surface area contributed by atoms with Crippen LogP contribution in [0.5, 0.6) is 0 Å². The van der Waals surface area contributed by atoms with E-state index in [-0.39, 0.29) is 12.1 Å². The number of hydrogen-bond acceptors (Lipinski definition) is 5. The van der Waals surface area contributed by atoms with Crippen molar-refractivity contribution in [3.63, 3.8) is 0 Å². The van der Waals surface area contributed by atoms with E-state index in [0.717, 1.165) is 38.9 Å². The van der Waals surface area contributed by atoms with Crippen molar-refractivity contribution in [3.05, 3.63) is 35.9 Å². The van der Waals surface area contributed by atoms with E-state index >= 15 is 0 Å². The van der Waals surface area contributed by atoms with Crippen molar-refractivity contribution in [1.29, 1.82) is 0 Å². The number of hydrogen-bond donors (Lipinski definition) is 4. The predicted octanol–water partition coefficient (Wildman–Crippen LogP) is 0.0685.